The van der Waals surface area contributed by atoms with Gasteiger partial charge in [0, 0.05) is 44.4 Å². The highest BCUT2D eigenvalue weighted by atomic mass is 16.2. The molecule has 5 heteroatoms. The maximum Gasteiger partial charge on any atom is 0.234 e. The first-order valence-corrected chi connectivity index (χ1v) is 11.3. The number of nitrogens with zero attached hydrogens (tertiary/aromatic N) is 4. The number of rotatable bonds is 5. The zero-order valence-corrected chi connectivity index (χ0v) is 19.5. The molecule has 1 atom stereocenters. The summed E-state index contributed by atoms with van der Waals surface area (Å²) in [6.45, 7) is 5.59. The number of aryl methyl sites for hydroxylation is 1. The predicted octanol–water partition coefficient (Wildman–Crippen LogP) is 4.56. The molecule has 3 aromatic rings. The van der Waals surface area contributed by atoms with Gasteiger partial charge < -0.3 is 9.80 Å². The van der Waals surface area contributed by atoms with Crippen molar-refractivity contribution >= 4 is 11.7 Å². The van der Waals surface area contributed by atoms with E-state index in [1.54, 1.807) is 0 Å². The van der Waals surface area contributed by atoms with Crippen LogP contribution in [0.25, 0.3) is 0 Å². The van der Waals surface area contributed by atoms with Crippen LogP contribution in [0.15, 0.2) is 66.7 Å². The lowest BCUT2D eigenvalue weighted by Crippen LogP contribution is -2.49. The number of likely N-dealkylation sites (tertiary alicyclic amines) is 1. The summed E-state index contributed by atoms with van der Waals surface area (Å²) < 4.78 is 0. The van der Waals surface area contributed by atoms with Crippen molar-refractivity contribution in [1.82, 2.24) is 14.9 Å². The lowest BCUT2D eigenvalue weighted by molar-refractivity contribution is -0.134. The van der Waals surface area contributed by atoms with E-state index < -0.39 is 0 Å². The van der Waals surface area contributed by atoms with Gasteiger partial charge in [-0.1, -0.05) is 67.6 Å². The second-order valence-corrected chi connectivity index (χ2v) is 9.26. The molecule has 166 valence electrons. The third-order valence-electron chi connectivity index (χ3n) is 6.36. The summed E-state index contributed by atoms with van der Waals surface area (Å²) in [4.78, 5) is 27.6. The number of carbonyl (C=O) groups is 1. The van der Waals surface area contributed by atoms with Crippen LogP contribution in [0.5, 0.6) is 0 Å². The van der Waals surface area contributed by atoms with Gasteiger partial charge >= 0.3 is 0 Å². The van der Waals surface area contributed by atoms with Crippen LogP contribution in [0.1, 0.15) is 48.3 Å². The average molecular weight is 429 g/mol. The Labute approximate surface area is 191 Å². The van der Waals surface area contributed by atoms with E-state index in [-0.39, 0.29) is 17.2 Å². The van der Waals surface area contributed by atoms with Crippen LogP contribution >= 0.6 is 0 Å². The first-order valence-electron chi connectivity index (χ1n) is 11.3. The molecule has 2 heterocycles. The van der Waals surface area contributed by atoms with Crippen molar-refractivity contribution < 1.29 is 4.79 Å². The molecule has 1 unspecified atom stereocenters. The molecule has 0 aliphatic carbocycles. The van der Waals surface area contributed by atoms with E-state index in [1.165, 1.54) is 0 Å². The SMILES string of the molecule is Cc1cc(N(C)C)nc(C2(C)CCCN(C(=O)C(c3ccccc3)c3ccccc3)C2)n1. The van der Waals surface area contributed by atoms with E-state index in [1.807, 2.05) is 97.5 Å². The quantitative estimate of drug-likeness (QED) is 0.598. The van der Waals surface area contributed by atoms with Crippen LogP contribution in [-0.2, 0) is 10.2 Å². The molecule has 1 aliphatic rings. The summed E-state index contributed by atoms with van der Waals surface area (Å²) in [6, 6.07) is 22.2. The third kappa shape index (κ3) is 4.52. The largest absolute Gasteiger partial charge is 0.363 e. The molecule has 2 aromatic carbocycles. The highest BCUT2D eigenvalue weighted by molar-refractivity contribution is 5.87. The number of amides is 1. The van der Waals surface area contributed by atoms with Crippen molar-refractivity contribution in [3.63, 3.8) is 0 Å². The van der Waals surface area contributed by atoms with Crippen LogP contribution in [0.4, 0.5) is 5.82 Å². The van der Waals surface area contributed by atoms with E-state index in [4.69, 9.17) is 9.97 Å². The first kappa shape index (κ1) is 22.0. The molecular formula is C27H32N4O. The van der Waals surface area contributed by atoms with Gasteiger partial charge in [0.05, 0.1) is 5.92 Å². The molecule has 1 aromatic heterocycles. The van der Waals surface area contributed by atoms with Crippen LogP contribution in [0.2, 0.25) is 0 Å². The summed E-state index contributed by atoms with van der Waals surface area (Å²) in [5.41, 5.74) is 2.73. The summed E-state index contributed by atoms with van der Waals surface area (Å²) >= 11 is 0. The first-order chi connectivity index (χ1) is 15.4. The Morgan fingerprint density at radius 1 is 1.00 bits per heavy atom. The van der Waals surface area contributed by atoms with Crippen molar-refractivity contribution in [2.24, 2.45) is 0 Å². The van der Waals surface area contributed by atoms with E-state index in [0.717, 1.165) is 47.8 Å². The summed E-state index contributed by atoms with van der Waals surface area (Å²) in [5.74, 6) is 1.57. The Bertz CT molecular complexity index is 1030. The zero-order valence-electron chi connectivity index (χ0n) is 19.5. The Hall–Kier alpha value is -3.21. The normalized spacial score (nSPS) is 18.6. The molecule has 1 amide bonds. The molecule has 0 saturated carbocycles. The topological polar surface area (TPSA) is 49.3 Å². The maximum absolute atomic E-state index is 13.9. The number of benzene rings is 2. The van der Waals surface area contributed by atoms with E-state index in [0.29, 0.717) is 6.54 Å². The summed E-state index contributed by atoms with van der Waals surface area (Å²) in [7, 11) is 3.99. The standard InChI is InChI=1S/C27H32N4O/c1-20-18-23(30(3)4)29-26(28-20)27(2)16-11-17-31(19-27)25(32)24(21-12-7-5-8-13-21)22-14-9-6-10-15-22/h5-10,12-15,18,24H,11,16-17,19H2,1-4H3. The van der Waals surface area contributed by atoms with Crippen molar-refractivity contribution in [2.45, 2.75) is 38.0 Å². The molecule has 0 N–H and O–H groups in total. The lowest BCUT2D eigenvalue weighted by Gasteiger charge is -2.41. The second-order valence-electron chi connectivity index (χ2n) is 9.26. The van der Waals surface area contributed by atoms with Gasteiger partial charge in [0.1, 0.15) is 11.6 Å². The molecule has 1 aliphatic heterocycles. The predicted molar refractivity (Wildman–Crippen MR) is 129 cm³/mol. The van der Waals surface area contributed by atoms with Gasteiger partial charge in [-0.2, -0.15) is 0 Å². The van der Waals surface area contributed by atoms with E-state index >= 15 is 0 Å². The van der Waals surface area contributed by atoms with Crippen molar-refractivity contribution in [1.29, 1.82) is 0 Å². The van der Waals surface area contributed by atoms with E-state index in [2.05, 4.69) is 6.92 Å². The van der Waals surface area contributed by atoms with Crippen molar-refractivity contribution in [3.05, 3.63) is 89.4 Å². The Morgan fingerprint density at radius 3 is 2.16 bits per heavy atom. The van der Waals surface area contributed by atoms with Crippen LogP contribution in [0, 0.1) is 6.92 Å². The monoisotopic (exact) mass is 428 g/mol. The molecule has 0 radical (unpaired) electrons. The minimum absolute atomic E-state index is 0.147. The Morgan fingerprint density at radius 2 is 1.59 bits per heavy atom. The number of piperidine rings is 1. The van der Waals surface area contributed by atoms with Gasteiger partial charge in [0.25, 0.3) is 0 Å². The van der Waals surface area contributed by atoms with Gasteiger partial charge in [-0.3, -0.25) is 4.79 Å². The number of hydrogen-bond donors (Lipinski definition) is 0. The molecule has 0 spiro atoms. The third-order valence-corrected chi connectivity index (χ3v) is 6.36. The van der Waals surface area contributed by atoms with Crippen LogP contribution in [0.3, 0.4) is 0 Å². The fourth-order valence-electron chi connectivity index (χ4n) is 4.61. The molecule has 4 rings (SSSR count). The minimum Gasteiger partial charge on any atom is -0.363 e. The number of aromatic nitrogens is 2. The fraction of sp³-hybridized carbons (Fsp3) is 0.370. The van der Waals surface area contributed by atoms with Crippen LogP contribution in [-0.4, -0.2) is 48.0 Å². The highest BCUT2D eigenvalue weighted by Crippen LogP contribution is 2.35. The lowest BCUT2D eigenvalue weighted by atomic mass is 9.79. The molecule has 32 heavy (non-hydrogen) atoms. The van der Waals surface area contributed by atoms with E-state index in [9.17, 15) is 4.79 Å². The van der Waals surface area contributed by atoms with Gasteiger partial charge in [0.2, 0.25) is 5.91 Å². The van der Waals surface area contributed by atoms with Gasteiger partial charge in [-0.25, -0.2) is 9.97 Å². The minimum atomic E-state index is -0.310. The number of hydrogen-bond acceptors (Lipinski definition) is 4. The molecule has 1 saturated heterocycles. The van der Waals surface area contributed by atoms with Gasteiger partial charge in [0.15, 0.2) is 0 Å². The van der Waals surface area contributed by atoms with Crippen molar-refractivity contribution in [3.8, 4) is 0 Å². The number of carbonyl (C=O) groups excluding carboxylic acids is 1. The summed E-state index contributed by atoms with van der Waals surface area (Å²) in [6.07, 6.45) is 1.90. The Kier molecular flexibility index (Phi) is 6.26. The molecule has 1 fully saturated rings. The van der Waals surface area contributed by atoms with Crippen LogP contribution < -0.4 is 4.90 Å². The molecule has 0 bridgehead atoms. The summed E-state index contributed by atoms with van der Waals surface area (Å²) in [5, 5.41) is 0. The number of anilines is 1. The Balaban J connectivity index is 1.67. The zero-order chi connectivity index (χ0) is 22.7. The smallest absolute Gasteiger partial charge is 0.234 e. The second kappa shape index (κ2) is 9.11. The molecule has 5 nitrogen and oxygen atoms in total. The fourth-order valence-corrected chi connectivity index (χ4v) is 4.61. The average Bonchev–Trinajstić information content (AvgIpc) is 2.80. The van der Waals surface area contributed by atoms with Crippen molar-refractivity contribution in [2.75, 3.05) is 32.1 Å². The molecular weight excluding hydrogens is 396 g/mol. The maximum atomic E-state index is 13.9. The van der Waals surface area contributed by atoms with Gasteiger partial charge in [-0.05, 0) is 30.9 Å². The highest BCUT2D eigenvalue weighted by Gasteiger charge is 2.39. The van der Waals surface area contributed by atoms with Gasteiger partial charge in [-0.15, -0.1) is 0 Å².